The maximum absolute atomic E-state index is 12.1. The minimum absolute atomic E-state index is 0.436. The molecule has 0 aliphatic rings. The summed E-state index contributed by atoms with van der Waals surface area (Å²) in [4.78, 5) is 0. The Hall–Kier alpha value is -1.59. The largest absolute Gasteiger partial charge is 0.497 e. The van der Waals surface area contributed by atoms with E-state index in [2.05, 4.69) is 5.32 Å². The van der Waals surface area contributed by atoms with E-state index in [0.717, 1.165) is 0 Å². The van der Waals surface area contributed by atoms with Gasteiger partial charge in [0, 0.05) is 29.5 Å². The van der Waals surface area contributed by atoms with E-state index in [1.807, 2.05) is 0 Å². The highest BCUT2D eigenvalue weighted by Crippen LogP contribution is 2.26. The fraction of sp³-hybridized carbons (Fsp3) is 0.455. The van der Waals surface area contributed by atoms with Gasteiger partial charge in [-0.3, -0.25) is 0 Å². The fourth-order valence-electron chi connectivity index (χ4n) is 1.51. The number of hydrogen-bond acceptors (Lipinski definition) is 3. The Morgan fingerprint density at radius 1 is 1.35 bits per heavy atom. The van der Waals surface area contributed by atoms with Crippen LogP contribution in [0.4, 0.5) is 24.5 Å². The number of anilines is 2. The number of nitrogens with two attached hydrogens (primary N) is 1. The third-order valence-corrected chi connectivity index (χ3v) is 2.12. The lowest BCUT2D eigenvalue weighted by molar-refractivity contribution is -0.136. The van der Waals surface area contributed by atoms with Crippen molar-refractivity contribution in [3.8, 4) is 5.75 Å². The summed E-state index contributed by atoms with van der Waals surface area (Å²) in [6.45, 7) is 1.46. The first kappa shape index (κ1) is 13.5. The number of hydrogen-bond donors (Lipinski definition) is 2. The lowest BCUT2D eigenvalue weighted by atomic mass is 10.2. The summed E-state index contributed by atoms with van der Waals surface area (Å²) >= 11 is 0. The van der Waals surface area contributed by atoms with Crippen LogP contribution in [0.1, 0.15) is 13.3 Å². The normalized spacial score (nSPS) is 13.2. The van der Waals surface area contributed by atoms with Crippen LogP contribution < -0.4 is 15.8 Å². The summed E-state index contributed by atoms with van der Waals surface area (Å²) in [6.07, 6.45) is -5.08. The molecule has 96 valence electrons. The molecule has 17 heavy (non-hydrogen) atoms. The lowest BCUT2D eigenvalue weighted by Gasteiger charge is -2.17. The predicted molar refractivity (Wildman–Crippen MR) is 61.2 cm³/mol. The summed E-state index contributed by atoms with van der Waals surface area (Å²) < 4.78 is 41.4. The van der Waals surface area contributed by atoms with Gasteiger partial charge >= 0.3 is 6.18 Å². The Morgan fingerprint density at radius 2 is 2.00 bits per heavy atom. The summed E-state index contributed by atoms with van der Waals surface area (Å²) in [7, 11) is 1.47. The smallest absolute Gasteiger partial charge is 0.391 e. The quantitative estimate of drug-likeness (QED) is 0.805. The zero-order chi connectivity index (χ0) is 13.1. The standard InChI is InChI=1S/C11H15F3N2O/c1-7(6-11(12,13)14)16-9-3-8(15)4-10(5-9)17-2/h3-5,7,16H,6,15H2,1-2H3. The molecule has 1 atom stereocenters. The van der Waals surface area contributed by atoms with E-state index >= 15 is 0 Å². The van der Waals surface area contributed by atoms with Crippen LogP contribution in [0.5, 0.6) is 5.75 Å². The number of halogens is 3. The first-order chi connectivity index (χ1) is 7.80. The molecule has 0 amide bonds. The van der Waals surface area contributed by atoms with Crippen LogP contribution in [0.15, 0.2) is 18.2 Å². The zero-order valence-electron chi connectivity index (χ0n) is 9.64. The topological polar surface area (TPSA) is 47.3 Å². The molecule has 1 unspecified atom stereocenters. The second-order valence-electron chi connectivity index (χ2n) is 3.86. The summed E-state index contributed by atoms with van der Waals surface area (Å²) in [6, 6.07) is 4.04. The molecule has 0 radical (unpaired) electrons. The monoisotopic (exact) mass is 248 g/mol. The van der Waals surface area contributed by atoms with Crippen molar-refractivity contribution in [2.75, 3.05) is 18.2 Å². The molecular formula is C11H15F3N2O. The Labute approximate surface area is 97.8 Å². The van der Waals surface area contributed by atoms with Crippen LogP contribution in [0.3, 0.4) is 0 Å². The number of rotatable bonds is 4. The van der Waals surface area contributed by atoms with Crippen LogP contribution >= 0.6 is 0 Å². The molecule has 0 aliphatic carbocycles. The summed E-state index contributed by atoms with van der Waals surface area (Å²) in [5.74, 6) is 0.506. The van der Waals surface area contributed by atoms with E-state index in [1.54, 1.807) is 18.2 Å². The average Bonchev–Trinajstić information content (AvgIpc) is 2.13. The zero-order valence-corrected chi connectivity index (χ0v) is 9.64. The molecule has 1 rings (SSSR count). The SMILES string of the molecule is COc1cc(N)cc(NC(C)CC(F)(F)F)c1. The maximum Gasteiger partial charge on any atom is 0.391 e. The molecule has 0 aliphatic heterocycles. The van der Waals surface area contributed by atoms with E-state index in [-0.39, 0.29) is 0 Å². The molecule has 1 aromatic carbocycles. The first-order valence-electron chi connectivity index (χ1n) is 5.08. The van der Waals surface area contributed by atoms with Crippen molar-refractivity contribution in [1.82, 2.24) is 0 Å². The molecule has 0 saturated heterocycles. The molecule has 0 aromatic heterocycles. The molecule has 0 fully saturated rings. The fourth-order valence-corrected chi connectivity index (χ4v) is 1.51. The first-order valence-corrected chi connectivity index (χ1v) is 5.08. The van der Waals surface area contributed by atoms with Crippen molar-refractivity contribution in [2.24, 2.45) is 0 Å². The van der Waals surface area contributed by atoms with Gasteiger partial charge in [-0.05, 0) is 13.0 Å². The Balaban J connectivity index is 2.71. The van der Waals surface area contributed by atoms with Crippen LogP contribution in [-0.2, 0) is 0 Å². The summed E-state index contributed by atoms with van der Waals surface area (Å²) in [5, 5.41) is 2.73. The number of alkyl halides is 3. The van der Waals surface area contributed by atoms with Crippen LogP contribution in [0.2, 0.25) is 0 Å². The van der Waals surface area contributed by atoms with Gasteiger partial charge < -0.3 is 15.8 Å². The van der Waals surface area contributed by atoms with Gasteiger partial charge in [-0.15, -0.1) is 0 Å². The second-order valence-corrected chi connectivity index (χ2v) is 3.86. The molecule has 1 aromatic rings. The molecular weight excluding hydrogens is 233 g/mol. The van der Waals surface area contributed by atoms with Crippen molar-refractivity contribution >= 4 is 11.4 Å². The van der Waals surface area contributed by atoms with Crippen LogP contribution in [0, 0.1) is 0 Å². The van der Waals surface area contributed by atoms with Gasteiger partial charge in [-0.25, -0.2) is 0 Å². The molecule has 0 spiro atoms. The molecule has 3 N–H and O–H groups in total. The van der Waals surface area contributed by atoms with E-state index in [9.17, 15) is 13.2 Å². The van der Waals surface area contributed by atoms with Gasteiger partial charge in [0.2, 0.25) is 0 Å². The Morgan fingerprint density at radius 3 is 2.53 bits per heavy atom. The molecule has 0 bridgehead atoms. The molecule has 0 saturated carbocycles. The van der Waals surface area contributed by atoms with E-state index < -0.39 is 18.6 Å². The number of ether oxygens (including phenoxy) is 1. The highest BCUT2D eigenvalue weighted by Gasteiger charge is 2.29. The van der Waals surface area contributed by atoms with E-state index in [0.29, 0.717) is 17.1 Å². The average molecular weight is 248 g/mol. The van der Waals surface area contributed by atoms with Gasteiger partial charge in [-0.1, -0.05) is 0 Å². The predicted octanol–water partition coefficient (Wildman–Crippen LogP) is 3.03. The van der Waals surface area contributed by atoms with Crippen molar-refractivity contribution in [1.29, 1.82) is 0 Å². The highest BCUT2D eigenvalue weighted by atomic mass is 19.4. The molecule has 0 heterocycles. The summed E-state index contributed by atoms with van der Waals surface area (Å²) in [5.41, 5.74) is 6.54. The molecule has 6 heteroatoms. The van der Waals surface area contributed by atoms with Gasteiger partial charge in [-0.2, -0.15) is 13.2 Å². The van der Waals surface area contributed by atoms with Crippen molar-refractivity contribution in [3.05, 3.63) is 18.2 Å². The Kier molecular flexibility index (Phi) is 4.09. The second kappa shape index (κ2) is 5.16. The number of methoxy groups -OCH3 is 1. The number of nitrogen functional groups attached to an aromatic ring is 1. The Bertz CT molecular complexity index is 379. The van der Waals surface area contributed by atoms with Crippen molar-refractivity contribution in [3.63, 3.8) is 0 Å². The van der Waals surface area contributed by atoms with E-state index in [4.69, 9.17) is 10.5 Å². The minimum atomic E-state index is -4.18. The van der Waals surface area contributed by atoms with Crippen molar-refractivity contribution in [2.45, 2.75) is 25.6 Å². The van der Waals surface area contributed by atoms with Gasteiger partial charge in [0.15, 0.2) is 0 Å². The van der Waals surface area contributed by atoms with Gasteiger partial charge in [0.1, 0.15) is 5.75 Å². The van der Waals surface area contributed by atoms with Gasteiger partial charge in [0.25, 0.3) is 0 Å². The lowest BCUT2D eigenvalue weighted by Crippen LogP contribution is -2.23. The maximum atomic E-state index is 12.1. The number of benzene rings is 1. The highest BCUT2D eigenvalue weighted by molar-refractivity contribution is 5.59. The van der Waals surface area contributed by atoms with Gasteiger partial charge in [0.05, 0.1) is 13.5 Å². The van der Waals surface area contributed by atoms with Crippen LogP contribution in [0.25, 0.3) is 0 Å². The number of nitrogens with one attached hydrogen (secondary N) is 1. The third kappa shape index (κ3) is 4.84. The van der Waals surface area contributed by atoms with E-state index in [1.165, 1.54) is 14.0 Å². The third-order valence-electron chi connectivity index (χ3n) is 2.12. The van der Waals surface area contributed by atoms with Crippen molar-refractivity contribution < 1.29 is 17.9 Å². The van der Waals surface area contributed by atoms with Crippen LogP contribution in [-0.4, -0.2) is 19.3 Å². The minimum Gasteiger partial charge on any atom is -0.497 e. The molecule has 3 nitrogen and oxygen atoms in total.